The summed E-state index contributed by atoms with van der Waals surface area (Å²) in [5.41, 5.74) is 3.67. The molecule has 0 saturated carbocycles. The Balaban J connectivity index is 0.000000827. The molecule has 0 N–H and O–H groups in total. The molecule has 2 aromatic carbocycles. The molecule has 0 bridgehead atoms. The van der Waals surface area contributed by atoms with Gasteiger partial charge in [-0.25, -0.2) is 0 Å². The molecule has 5 nitrogen and oxygen atoms in total. The van der Waals surface area contributed by atoms with E-state index in [0.29, 0.717) is 6.42 Å². The maximum Gasteiger partial charge on any atom is 0.494 e. The van der Waals surface area contributed by atoms with Crippen LogP contribution in [0.5, 0.6) is 0 Å². The molecule has 3 aliphatic rings. The van der Waals surface area contributed by atoms with E-state index >= 15 is 0 Å². The topological polar surface area (TPSA) is 54.0 Å². The van der Waals surface area contributed by atoms with Crippen LogP contribution in [0, 0.1) is 0 Å². The minimum atomic E-state index is -0.437. The minimum Gasteiger partial charge on any atom is -0.399 e. The molecule has 40 heavy (non-hydrogen) atoms. The number of carbonyl (C=O) groups is 1. The molecular weight excluding hydrogens is 498 g/mol. The van der Waals surface area contributed by atoms with E-state index in [4.69, 9.17) is 18.6 Å². The van der Waals surface area contributed by atoms with E-state index in [1.165, 1.54) is 6.42 Å². The van der Waals surface area contributed by atoms with Crippen molar-refractivity contribution >= 4 is 36.5 Å². The van der Waals surface area contributed by atoms with Gasteiger partial charge in [0.05, 0.1) is 22.4 Å². The van der Waals surface area contributed by atoms with Crippen molar-refractivity contribution in [2.24, 2.45) is 0 Å². The van der Waals surface area contributed by atoms with E-state index in [1.807, 2.05) is 118 Å². The van der Waals surface area contributed by atoms with Crippen molar-refractivity contribution in [2.45, 2.75) is 118 Å². The van der Waals surface area contributed by atoms with Crippen molar-refractivity contribution in [1.82, 2.24) is 0 Å². The molecule has 0 amide bonds. The third-order valence-electron chi connectivity index (χ3n) is 8.42. The number of hydrogen-bond acceptors (Lipinski definition) is 5. The van der Waals surface area contributed by atoms with Crippen LogP contribution in [0.2, 0.25) is 0 Å². The second-order valence-electron chi connectivity index (χ2n) is 12.6. The van der Waals surface area contributed by atoms with Crippen LogP contribution in [-0.4, -0.2) is 42.4 Å². The molecule has 2 heterocycles. The van der Waals surface area contributed by atoms with Gasteiger partial charge in [0.15, 0.2) is 5.78 Å². The fourth-order valence-corrected chi connectivity index (χ4v) is 4.63. The summed E-state index contributed by atoms with van der Waals surface area (Å²) < 4.78 is 24.7. The highest BCUT2D eigenvalue weighted by Crippen LogP contribution is 2.38. The lowest BCUT2D eigenvalue weighted by Crippen LogP contribution is -2.41. The Bertz CT molecular complexity index is 1200. The zero-order chi connectivity index (χ0) is 30.1. The van der Waals surface area contributed by atoms with Crippen molar-refractivity contribution in [3.63, 3.8) is 0 Å². The van der Waals surface area contributed by atoms with E-state index in [9.17, 15) is 4.79 Å². The van der Waals surface area contributed by atoms with Crippen LogP contribution in [0.1, 0.15) is 111 Å². The third-order valence-corrected chi connectivity index (χ3v) is 8.42. The summed E-state index contributed by atoms with van der Waals surface area (Å²) in [7, 11) is -0.854. The van der Waals surface area contributed by atoms with Gasteiger partial charge in [-0.2, -0.15) is 0 Å². The van der Waals surface area contributed by atoms with Gasteiger partial charge in [0.25, 0.3) is 0 Å². The minimum absolute atomic E-state index is 0.0371. The van der Waals surface area contributed by atoms with E-state index in [1.54, 1.807) is 0 Å². The molecule has 2 aromatic rings. The van der Waals surface area contributed by atoms with Gasteiger partial charge < -0.3 is 18.6 Å². The lowest BCUT2D eigenvalue weighted by Gasteiger charge is -2.32. The number of fused-ring (bicyclic) bond motifs is 1. The molecule has 2 aliphatic heterocycles. The number of carbonyl (C=O) groups excluding carboxylic acids is 1. The van der Waals surface area contributed by atoms with Gasteiger partial charge in [-0.1, -0.05) is 82.7 Å². The zero-order valence-electron chi connectivity index (χ0n) is 26.7. The van der Waals surface area contributed by atoms with E-state index in [0.717, 1.165) is 33.2 Å². The van der Waals surface area contributed by atoms with E-state index in [-0.39, 0.29) is 17.0 Å². The first-order chi connectivity index (χ1) is 18.6. The first-order valence-corrected chi connectivity index (χ1v) is 14.8. The van der Waals surface area contributed by atoms with Crippen molar-refractivity contribution in [1.29, 1.82) is 0 Å². The fourth-order valence-electron chi connectivity index (χ4n) is 4.63. The average molecular weight is 546 g/mol. The smallest absolute Gasteiger partial charge is 0.399 e. The Morgan fingerprint density at radius 3 is 1.52 bits per heavy atom. The standard InChI is InChI=1S/C28H34B2O5.C3H8.C2H6/c1-25(2)26(3,4)33-29(32-25)20-12-9-18(10-13-20)22-15-11-19-17-21(14-16-23(19)24(22)31)30-34-27(5,6)28(7,8)35-30;1-3-2;1-2/h9-10,12-17H,11H2,1-8H3;3H2,1-2H3;1-2H3. The molecule has 5 rings (SSSR count). The van der Waals surface area contributed by atoms with Gasteiger partial charge in [-0.15, -0.1) is 0 Å². The highest BCUT2D eigenvalue weighted by molar-refractivity contribution is 6.62. The Kier molecular flexibility index (Phi) is 9.68. The molecule has 216 valence electrons. The van der Waals surface area contributed by atoms with Crippen LogP contribution in [-0.2, 0) is 25.0 Å². The van der Waals surface area contributed by atoms with Gasteiger partial charge in [-0.05, 0) is 83.9 Å². The van der Waals surface area contributed by atoms with Crippen LogP contribution in [0.15, 0.2) is 48.5 Å². The van der Waals surface area contributed by atoms with Gasteiger partial charge in [0, 0.05) is 11.1 Å². The Labute approximate surface area is 243 Å². The number of Topliss-reactive ketones (excluding diaryl/α,β-unsaturated/α-hetero) is 1. The molecule has 0 radical (unpaired) electrons. The lowest BCUT2D eigenvalue weighted by atomic mass is 9.75. The molecule has 0 aromatic heterocycles. The molecular formula is C33H48B2O5. The van der Waals surface area contributed by atoms with E-state index in [2.05, 4.69) is 13.8 Å². The van der Waals surface area contributed by atoms with Gasteiger partial charge in [-0.3, -0.25) is 4.79 Å². The summed E-state index contributed by atoms with van der Waals surface area (Å²) in [6.07, 6.45) is 3.95. The first kappa shape index (κ1) is 32.3. The second kappa shape index (κ2) is 12.0. The monoisotopic (exact) mass is 546 g/mol. The summed E-state index contributed by atoms with van der Waals surface area (Å²) in [5, 5.41) is 0. The highest BCUT2D eigenvalue weighted by Gasteiger charge is 2.52. The predicted octanol–water partition coefficient (Wildman–Crippen LogP) is 6.55. The largest absolute Gasteiger partial charge is 0.494 e. The molecule has 0 spiro atoms. The SMILES string of the molecule is CC.CC1(C)OB(c2ccc(C3=CCc4cc(B5OC(C)(C)C(C)(C)O5)ccc4C3=O)cc2)OC1(C)C.CCC. The Morgan fingerprint density at radius 2 is 1.07 bits per heavy atom. The highest BCUT2D eigenvalue weighted by atomic mass is 16.7. The number of hydrogen-bond donors (Lipinski definition) is 0. The van der Waals surface area contributed by atoms with Crippen LogP contribution in [0.3, 0.4) is 0 Å². The normalized spacial score (nSPS) is 21.5. The second-order valence-corrected chi connectivity index (χ2v) is 12.6. The number of allylic oxidation sites excluding steroid dienone is 2. The summed E-state index contributed by atoms with van der Waals surface area (Å²) >= 11 is 0. The van der Waals surface area contributed by atoms with Crippen molar-refractivity contribution in [3.8, 4) is 0 Å². The molecule has 2 fully saturated rings. The third kappa shape index (κ3) is 6.18. The van der Waals surface area contributed by atoms with Gasteiger partial charge >= 0.3 is 14.2 Å². The summed E-state index contributed by atoms with van der Waals surface area (Å²) in [6, 6.07) is 13.8. The Morgan fingerprint density at radius 1 is 0.675 bits per heavy atom. The molecule has 7 heteroatoms. The lowest BCUT2D eigenvalue weighted by molar-refractivity contribution is 0.00578. The van der Waals surface area contributed by atoms with Crippen LogP contribution >= 0.6 is 0 Å². The van der Waals surface area contributed by atoms with Gasteiger partial charge in [0.1, 0.15) is 0 Å². The maximum atomic E-state index is 13.4. The summed E-state index contributed by atoms with van der Waals surface area (Å²) in [4.78, 5) is 13.4. The molecule has 0 unspecified atom stereocenters. The molecule has 0 atom stereocenters. The van der Waals surface area contributed by atoms with E-state index < -0.39 is 25.4 Å². The number of rotatable bonds is 3. The maximum absolute atomic E-state index is 13.4. The quantitative estimate of drug-likeness (QED) is 0.409. The predicted molar refractivity (Wildman–Crippen MR) is 168 cm³/mol. The summed E-state index contributed by atoms with van der Waals surface area (Å²) in [6.45, 7) is 24.6. The first-order valence-electron chi connectivity index (χ1n) is 14.8. The van der Waals surface area contributed by atoms with Crippen LogP contribution in [0.25, 0.3) is 5.57 Å². The Hall–Kier alpha value is -2.18. The zero-order valence-corrected chi connectivity index (χ0v) is 26.7. The van der Waals surface area contributed by atoms with Crippen LogP contribution < -0.4 is 10.9 Å². The fraction of sp³-hybridized carbons (Fsp3) is 0.545. The molecule has 1 aliphatic carbocycles. The van der Waals surface area contributed by atoms with Gasteiger partial charge in [0.2, 0.25) is 0 Å². The average Bonchev–Trinajstić information content (AvgIpc) is 3.25. The number of benzene rings is 2. The van der Waals surface area contributed by atoms with Crippen LogP contribution in [0.4, 0.5) is 0 Å². The number of ketones is 1. The van der Waals surface area contributed by atoms with Crippen molar-refractivity contribution in [2.75, 3.05) is 0 Å². The molecule has 2 saturated heterocycles. The summed E-state index contributed by atoms with van der Waals surface area (Å²) in [5.74, 6) is 0.0371. The van der Waals surface area contributed by atoms with Crippen molar-refractivity contribution < 1.29 is 23.4 Å². The van der Waals surface area contributed by atoms with Crippen molar-refractivity contribution in [3.05, 3.63) is 65.2 Å².